The highest BCUT2D eigenvalue weighted by molar-refractivity contribution is 7.13. The van der Waals surface area contributed by atoms with Crippen LogP contribution in [0.2, 0.25) is 0 Å². The molecule has 0 spiro atoms. The summed E-state index contributed by atoms with van der Waals surface area (Å²) in [4.78, 5) is 39.9. The molecule has 0 aliphatic carbocycles. The van der Waals surface area contributed by atoms with Crippen molar-refractivity contribution in [2.45, 2.75) is 26.3 Å². The van der Waals surface area contributed by atoms with Crippen molar-refractivity contribution in [1.29, 1.82) is 0 Å². The second kappa shape index (κ2) is 10.4. The molecule has 2 N–H and O–H groups in total. The van der Waals surface area contributed by atoms with Crippen LogP contribution in [0.1, 0.15) is 30.8 Å². The normalized spacial score (nSPS) is 11.4. The summed E-state index contributed by atoms with van der Waals surface area (Å²) >= 11 is 1.29. The maximum absolute atomic E-state index is 12.1. The number of nitrogens with one attached hydrogen (secondary N) is 2. The zero-order valence-corrected chi connectivity index (χ0v) is 16.8. The molecule has 2 amide bonds. The Morgan fingerprint density at radius 2 is 1.93 bits per heavy atom. The summed E-state index contributed by atoms with van der Waals surface area (Å²) in [7, 11) is 1.58. The number of aromatic nitrogens is 1. The molecule has 28 heavy (non-hydrogen) atoms. The van der Waals surface area contributed by atoms with E-state index >= 15 is 0 Å². The summed E-state index contributed by atoms with van der Waals surface area (Å²) in [5.41, 5.74) is 0.965. The van der Waals surface area contributed by atoms with Crippen molar-refractivity contribution in [3.05, 3.63) is 35.3 Å². The van der Waals surface area contributed by atoms with Gasteiger partial charge in [0.15, 0.2) is 12.3 Å². The molecular weight excluding hydrogens is 382 g/mol. The smallest absolute Gasteiger partial charge is 0.358 e. The van der Waals surface area contributed by atoms with Gasteiger partial charge < -0.3 is 20.1 Å². The van der Waals surface area contributed by atoms with E-state index in [2.05, 4.69) is 15.6 Å². The third kappa shape index (κ3) is 6.05. The molecule has 0 saturated carbocycles. The Labute approximate surface area is 167 Å². The fourth-order valence-corrected chi connectivity index (χ4v) is 2.98. The van der Waals surface area contributed by atoms with Crippen LogP contribution in [0, 0.1) is 0 Å². The van der Waals surface area contributed by atoms with Crippen LogP contribution < -0.4 is 15.4 Å². The predicted octanol–water partition coefficient (Wildman–Crippen LogP) is 2.01. The number of carbonyl (C=O) groups is 3. The van der Waals surface area contributed by atoms with Crippen LogP contribution in [0.25, 0.3) is 10.6 Å². The van der Waals surface area contributed by atoms with Gasteiger partial charge in [0, 0.05) is 17.5 Å². The van der Waals surface area contributed by atoms with Crippen molar-refractivity contribution in [2.75, 3.05) is 20.3 Å². The van der Waals surface area contributed by atoms with Crippen molar-refractivity contribution in [3.63, 3.8) is 0 Å². The van der Waals surface area contributed by atoms with Crippen molar-refractivity contribution >= 4 is 29.1 Å². The number of hydrogen-bond donors (Lipinski definition) is 2. The molecule has 1 aromatic carbocycles. The molecule has 0 aliphatic rings. The number of esters is 1. The van der Waals surface area contributed by atoms with E-state index in [1.54, 1.807) is 31.5 Å². The molecule has 0 fully saturated rings. The number of hydrogen-bond acceptors (Lipinski definition) is 7. The summed E-state index contributed by atoms with van der Waals surface area (Å²) in [6, 6.07) is 6.57. The van der Waals surface area contributed by atoms with Crippen LogP contribution in [0.3, 0.4) is 0 Å². The van der Waals surface area contributed by atoms with Crippen molar-refractivity contribution in [2.24, 2.45) is 0 Å². The lowest BCUT2D eigenvalue weighted by Crippen LogP contribution is -2.46. The first-order chi connectivity index (χ1) is 13.4. The number of rotatable bonds is 9. The van der Waals surface area contributed by atoms with Crippen LogP contribution in [0.15, 0.2) is 29.6 Å². The molecule has 150 valence electrons. The van der Waals surface area contributed by atoms with Crippen LogP contribution in [0.4, 0.5) is 0 Å². The minimum Gasteiger partial charge on any atom is -0.497 e. The topological polar surface area (TPSA) is 107 Å². The first-order valence-electron chi connectivity index (χ1n) is 8.78. The molecule has 0 saturated heterocycles. The van der Waals surface area contributed by atoms with Gasteiger partial charge in [-0.2, -0.15) is 0 Å². The molecule has 1 heterocycles. The molecule has 0 bridgehead atoms. The van der Waals surface area contributed by atoms with Gasteiger partial charge >= 0.3 is 5.97 Å². The van der Waals surface area contributed by atoms with Crippen molar-refractivity contribution in [3.8, 4) is 16.3 Å². The molecule has 0 radical (unpaired) electrons. The Balaban J connectivity index is 1.85. The molecule has 2 rings (SSSR count). The third-order valence-corrected chi connectivity index (χ3v) is 4.60. The maximum Gasteiger partial charge on any atom is 0.358 e. The Bertz CT molecular complexity index is 819. The lowest BCUT2D eigenvalue weighted by Gasteiger charge is -2.13. The highest BCUT2D eigenvalue weighted by atomic mass is 32.1. The number of methoxy groups -OCH3 is 1. The minimum absolute atomic E-state index is 0.123. The van der Waals surface area contributed by atoms with Crippen LogP contribution in [0.5, 0.6) is 5.75 Å². The third-order valence-electron chi connectivity index (χ3n) is 3.70. The number of carbonyl (C=O) groups excluding carboxylic acids is 3. The van der Waals surface area contributed by atoms with E-state index in [1.807, 2.05) is 19.1 Å². The Morgan fingerprint density at radius 1 is 1.21 bits per heavy atom. The number of thiazole rings is 1. The van der Waals surface area contributed by atoms with E-state index < -0.39 is 24.5 Å². The lowest BCUT2D eigenvalue weighted by atomic mass is 10.2. The van der Waals surface area contributed by atoms with Gasteiger partial charge in [-0.25, -0.2) is 9.78 Å². The second-order valence-electron chi connectivity index (χ2n) is 5.92. The van der Waals surface area contributed by atoms with Gasteiger partial charge in [-0.3, -0.25) is 9.59 Å². The standard InChI is InChI=1S/C19H23N3O5S/c1-4-9-20-17(24)12(2)21-16(23)10-27-19(25)15-11-28-18(22-15)13-5-7-14(26-3)8-6-13/h5-8,11-12H,4,9-10H2,1-3H3,(H,20,24)(H,21,23)/t12-/m0/s1. The molecule has 9 heteroatoms. The van der Waals surface area contributed by atoms with E-state index in [0.29, 0.717) is 11.6 Å². The number of ether oxygens (including phenoxy) is 2. The van der Waals surface area contributed by atoms with E-state index in [4.69, 9.17) is 9.47 Å². The van der Waals surface area contributed by atoms with Gasteiger partial charge in [-0.1, -0.05) is 6.92 Å². The molecular formula is C19H23N3O5S. The van der Waals surface area contributed by atoms with Crippen molar-refractivity contribution in [1.82, 2.24) is 15.6 Å². The Kier molecular flexibility index (Phi) is 7.94. The summed E-state index contributed by atoms with van der Waals surface area (Å²) < 4.78 is 10.1. The lowest BCUT2D eigenvalue weighted by molar-refractivity contribution is -0.130. The van der Waals surface area contributed by atoms with Crippen LogP contribution in [-0.2, 0) is 14.3 Å². The van der Waals surface area contributed by atoms with Crippen LogP contribution in [-0.4, -0.2) is 49.1 Å². The van der Waals surface area contributed by atoms with Gasteiger partial charge in [0.1, 0.15) is 16.8 Å². The highest BCUT2D eigenvalue weighted by Crippen LogP contribution is 2.25. The summed E-state index contributed by atoms with van der Waals surface area (Å²) in [6.07, 6.45) is 0.802. The zero-order chi connectivity index (χ0) is 20.5. The molecule has 1 aromatic heterocycles. The molecule has 2 aromatic rings. The Hall–Kier alpha value is -2.94. The van der Waals surface area contributed by atoms with Crippen LogP contribution >= 0.6 is 11.3 Å². The SMILES string of the molecule is CCCNC(=O)[C@H](C)NC(=O)COC(=O)c1csc(-c2ccc(OC)cc2)n1. The van der Waals surface area contributed by atoms with Gasteiger partial charge in [-0.15, -0.1) is 11.3 Å². The van der Waals surface area contributed by atoms with Gasteiger partial charge in [0.2, 0.25) is 5.91 Å². The quantitative estimate of drug-likeness (QED) is 0.618. The zero-order valence-electron chi connectivity index (χ0n) is 16.0. The monoisotopic (exact) mass is 405 g/mol. The van der Waals surface area contributed by atoms with Gasteiger partial charge in [-0.05, 0) is 37.6 Å². The second-order valence-corrected chi connectivity index (χ2v) is 6.78. The number of nitrogens with zero attached hydrogens (tertiary/aromatic N) is 1. The maximum atomic E-state index is 12.1. The average molecular weight is 405 g/mol. The van der Waals surface area contributed by atoms with E-state index in [-0.39, 0.29) is 11.6 Å². The molecule has 1 atom stereocenters. The molecule has 0 unspecified atom stereocenters. The number of amides is 2. The number of benzene rings is 1. The van der Waals surface area contributed by atoms with E-state index in [0.717, 1.165) is 17.7 Å². The summed E-state index contributed by atoms with van der Waals surface area (Å²) in [6.45, 7) is 3.54. The van der Waals surface area contributed by atoms with E-state index in [9.17, 15) is 14.4 Å². The molecule has 0 aliphatic heterocycles. The fraction of sp³-hybridized carbons (Fsp3) is 0.368. The minimum atomic E-state index is -0.710. The van der Waals surface area contributed by atoms with Gasteiger partial charge in [0.05, 0.1) is 7.11 Å². The summed E-state index contributed by atoms with van der Waals surface area (Å²) in [5.74, 6) is -0.818. The first kappa shape index (κ1) is 21.4. The summed E-state index contributed by atoms with van der Waals surface area (Å²) in [5, 5.41) is 7.38. The van der Waals surface area contributed by atoms with Gasteiger partial charge in [0.25, 0.3) is 5.91 Å². The van der Waals surface area contributed by atoms with Crippen molar-refractivity contribution < 1.29 is 23.9 Å². The predicted molar refractivity (Wildman–Crippen MR) is 105 cm³/mol. The Morgan fingerprint density at radius 3 is 2.57 bits per heavy atom. The largest absolute Gasteiger partial charge is 0.497 e. The first-order valence-corrected chi connectivity index (χ1v) is 9.66. The highest BCUT2D eigenvalue weighted by Gasteiger charge is 2.18. The van der Waals surface area contributed by atoms with E-state index in [1.165, 1.54) is 11.3 Å². The fourth-order valence-electron chi connectivity index (χ4n) is 2.19. The molecule has 8 nitrogen and oxygen atoms in total. The average Bonchev–Trinajstić information content (AvgIpc) is 3.20.